The van der Waals surface area contributed by atoms with Crippen LogP contribution in [0.25, 0.3) is 0 Å². The molecule has 0 amide bonds. The van der Waals surface area contributed by atoms with E-state index in [1.807, 2.05) is 0 Å². The molecular formula is C10H19NO. The Morgan fingerprint density at radius 1 is 1.50 bits per heavy atom. The zero-order chi connectivity index (χ0) is 9.61. The molecule has 0 radical (unpaired) electrons. The van der Waals surface area contributed by atoms with Crippen LogP contribution < -0.4 is 0 Å². The first-order valence-electron chi connectivity index (χ1n) is 4.52. The third-order valence-electron chi connectivity index (χ3n) is 2.13. The zero-order valence-corrected chi connectivity index (χ0v) is 8.55. The quantitative estimate of drug-likeness (QED) is 0.593. The fourth-order valence-electron chi connectivity index (χ4n) is 1.37. The summed E-state index contributed by atoms with van der Waals surface area (Å²) in [7, 11) is 0. The Bertz CT molecular complexity index is 158. The van der Waals surface area contributed by atoms with Crippen molar-refractivity contribution in [3.8, 4) is 6.26 Å². The van der Waals surface area contributed by atoms with E-state index in [0.29, 0.717) is 12.5 Å². The van der Waals surface area contributed by atoms with E-state index in [4.69, 9.17) is 10.00 Å². The van der Waals surface area contributed by atoms with Crippen LogP contribution in [0.2, 0.25) is 0 Å². The third kappa shape index (κ3) is 5.01. The Balaban J connectivity index is 3.79. The fourth-order valence-corrected chi connectivity index (χ4v) is 1.37. The maximum absolute atomic E-state index is 8.25. The van der Waals surface area contributed by atoms with Gasteiger partial charge in [0, 0.05) is 5.41 Å². The van der Waals surface area contributed by atoms with Crippen LogP contribution in [-0.2, 0) is 4.74 Å². The Kier molecular flexibility index (Phi) is 4.73. The van der Waals surface area contributed by atoms with Crippen LogP contribution in [0.5, 0.6) is 0 Å². The highest BCUT2D eigenvalue weighted by Crippen LogP contribution is 2.26. The minimum Gasteiger partial charge on any atom is -0.427 e. The monoisotopic (exact) mass is 169 g/mol. The number of hydrogen-bond donors (Lipinski definition) is 0. The normalized spacial score (nSPS) is 13.6. The molecule has 1 unspecified atom stereocenters. The minimum absolute atomic E-state index is 0.130. The molecule has 0 bridgehead atoms. The molecule has 12 heavy (non-hydrogen) atoms. The van der Waals surface area contributed by atoms with Gasteiger partial charge in [-0.2, -0.15) is 5.26 Å². The summed E-state index contributed by atoms with van der Waals surface area (Å²) in [6.07, 6.45) is 4.02. The first-order chi connectivity index (χ1) is 5.52. The summed E-state index contributed by atoms with van der Waals surface area (Å²) in [6, 6.07) is 0. The van der Waals surface area contributed by atoms with Gasteiger partial charge < -0.3 is 4.74 Å². The Morgan fingerprint density at radius 2 is 2.08 bits per heavy atom. The second-order valence-corrected chi connectivity index (χ2v) is 4.26. The van der Waals surface area contributed by atoms with Crippen LogP contribution in [0.1, 0.15) is 40.5 Å². The van der Waals surface area contributed by atoms with Gasteiger partial charge in [-0.3, -0.25) is 0 Å². The summed E-state index contributed by atoms with van der Waals surface area (Å²) in [4.78, 5) is 0. The molecule has 0 aromatic heterocycles. The molecule has 0 N–H and O–H groups in total. The van der Waals surface area contributed by atoms with Crippen LogP contribution in [0.15, 0.2) is 0 Å². The molecule has 70 valence electrons. The summed E-state index contributed by atoms with van der Waals surface area (Å²) in [6.45, 7) is 9.22. The van der Waals surface area contributed by atoms with Gasteiger partial charge in [0.15, 0.2) is 0 Å². The second-order valence-electron chi connectivity index (χ2n) is 4.26. The first-order valence-corrected chi connectivity index (χ1v) is 4.52. The van der Waals surface area contributed by atoms with E-state index in [2.05, 4.69) is 27.7 Å². The lowest BCUT2D eigenvalue weighted by molar-refractivity contribution is 0.125. The van der Waals surface area contributed by atoms with Gasteiger partial charge in [0.1, 0.15) is 6.61 Å². The highest BCUT2D eigenvalue weighted by atomic mass is 16.5. The summed E-state index contributed by atoms with van der Waals surface area (Å²) < 4.78 is 4.75. The molecule has 0 aliphatic heterocycles. The summed E-state index contributed by atoms with van der Waals surface area (Å²) in [5.74, 6) is 0.710. The van der Waals surface area contributed by atoms with Crippen molar-refractivity contribution in [1.82, 2.24) is 0 Å². The van der Waals surface area contributed by atoms with E-state index in [0.717, 1.165) is 6.42 Å². The number of ether oxygens (including phenoxy) is 1. The molecule has 0 aliphatic carbocycles. The summed E-state index contributed by atoms with van der Waals surface area (Å²) in [5, 5.41) is 8.25. The van der Waals surface area contributed by atoms with Crippen LogP contribution in [0.3, 0.4) is 0 Å². The van der Waals surface area contributed by atoms with Crippen molar-refractivity contribution in [2.75, 3.05) is 6.61 Å². The van der Waals surface area contributed by atoms with Crippen LogP contribution in [-0.4, -0.2) is 6.61 Å². The fraction of sp³-hybridized carbons (Fsp3) is 0.900. The van der Waals surface area contributed by atoms with Crippen molar-refractivity contribution >= 4 is 0 Å². The van der Waals surface area contributed by atoms with Gasteiger partial charge in [-0.15, -0.1) is 0 Å². The van der Waals surface area contributed by atoms with E-state index < -0.39 is 0 Å². The molecule has 1 atom stereocenters. The highest BCUT2D eigenvalue weighted by Gasteiger charge is 2.21. The van der Waals surface area contributed by atoms with Gasteiger partial charge in [0.2, 0.25) is 0 Å². The van der Waals surface area contributed by atoms with Crippen LogP contribution in [0, 0.1) is 22.9 Å². The molecule has 0 fully saturated rings. The number of nitriles is 1. The van der Waals surface area contributed by atoms with Crippen molar-refractivity contribution in [1.29, 1.82) is 5.26 Å². The average molecular weight is 169 g/mol. The summed E-state index contributed by atoms with van der Waals surface area (Å²) >= 11 is 0. The van der Waals surface area contributed by atoms with Crippen molar-refractivity contribution in [3.63, 3.8) is 0 Å². The molecule has 0 saturated heterocycles. The van der Waals surface area contributed by atoms with Gasteiger partial charge >= 0.3 is 0 Å². The molecular weight excluding hydrogens is 150 g/mol. The molecule has 0 aromatic carbocycles. The van der Waals surface area contributed by atoms with Gasteiger partial charge in [-0.05, 0) is 12.3 Å². The smallest absolute Gasteiger partial charge is 0.286 e. The van der Waals surface area contributed by atoms with Gasteiger partial charge in [0.25, 0.3) is 6.26 Å². The maximum atomic E-state index is 8.25. The first kappa shape index (κ1) is 11.3. The number of hydrogen-bond acceptors (Lipinski definition) is 2. The van der Waals surface area contributed by atoms with Crippen molar-refractivity contribution in [2.24, 2.45) is 11.3 Å². The van der Waals surface area contributed by atoms with Gasteiger partial charge in [0.05, 0.1) is 0 Å². The third-order valence-corrected chi connectivity index (χ3v) is 2.13. The van der Waals surface area contributed by atoms with Gasteiger partial charge in [-0.25, -0.2) is 0 Å². The molecule has 0 spiro atoms. The molecule has 0 aliphatic rings. The Hall–Kier alpha value is -0.710. The summed E-state index contributed by atoms with van der Waals surface area (Å²) in [5.41, 5.74) is 0.130. The molecule has 0 saturated carbocycles. The highest BCUT2D eigenvalue weighted by molar-refractivity contribution is 4.72. The minimum atomic E-state index is 0.130. The molecule has 2 heteroatoms. The zero-order valence-electron chi connectivity index (χ0n) is 8.55. The van der Waals surface area contributed by atoms with E-state index in [9.17, 15) is 0 Å². The lowest BCUT2D eigenvalue weighted by Gasteiger charge is -2.25. The number of nitrogens with zero attached hydrogens (tertiary/aromatic N) is 1. The van der Waals surface area contributed by atoms with E-state index >= 15 is 0 Å². The van der Waals surface area contributed by atoms with Crippen LogP contribution >= 0.6 is 0 Å². The van der Waals surface area contributed by atoms with E-state index in [1.54, 1.807) is 6.26 Å². The molecule has 0 aromatic rings. The largest absolute Gasteiger partial charge is 0.427 e. The van der Waals surface area contributed by atoms with Crippen LogP contribution in [0.4, 0.5) is 0 Å². The SMILES string of the molecule is CCC(C)CC(C)(C)COC#N. The van der Waals surface area contributed by atoms with Gasteiger partial charge in [-0.1, -0.05) is 34.1 Å². The predicted molar refractivity (Wildman–Crippen MR) is 49.4 cm³/mol. The Labute approximate surface area is 75.5 Å². The molecule has 0 rings (SSSR count). The standard InChI is InChI=1S/C10H19NO/c1-5-9(2)6-10(3,4)7-12-8-11/h9H,5-7H2,1-4H3. The van der Waals surface area contributed by atoms with Crippen molar-refractivity contribution < 1.29 is 4.74 Å². The average Bonchev–Trinajstić information content (AvgIpc) is 2.00. The number of rotatable bonds is 5. The van der Waals surface area contributed by atoms with Crippen molar-refractivity contribution in [3.05, 3.63) is 0 Å². The second kappa shape index (κ2) is 5.03. The van der Waals surface area contributed by atoms with Crippen molar-refractivity contribution in [2.45, 2.75) is 40.5 Å². The topological polar surface area (TPSA) is 33.0 Å². The molecule has 2 nitrogen and oxygen atoms in total. The van der Waals surface area contributed by atoms with E-state index in [1.165, 1.54) is 6.42 Å². The lowest BCUT2D eigenvalue weighted by atomic mass is 9.83. The van der Waals surface area contributed by atoms with E-state index in [-0.39, 0.29) is 5.41 Å². The Morgan fingerprint density at radius 3 is 2.50 bits per heavy atom. The maximum Gasteiger partial charge on any atom is 0.286 e. The predicted octanol–water partition coefficient (Wildman–Crippen LogP) is 2.95. The molecule has 0 heterocycles. The lowest BCUT2D eigenvalue weighted by Crippen LogP contribution is -2.21.